The van der Waals surface area contributed by atoms with Gasteiger partial charge in [-0.3, -0.25) is 14.5 Å². The van der Waals surface area contributed by atoms with E-state index in [2.05, 4.69) is 4.99 Å². The fourth-order valence-electron chi connectivity index (χ4n) is 4.26. The molecule has 4 rings (SSSR count). The normalized spacial score (nSPS) is 23.8. The molecule has 1 unspecified atom stereocenters. The van der Waals surface area contributed by atoms with E-state index in [1.165, 1.54) is 0 Å². The third kappa shape index (κ3) is 3.67. The third-order valence-electron chi connectivity index (χ3n) is 6.03. The van der Waals surface area contributed by atoms with Gasteiger partial charge in [0.05, 0.1) is 0 Å². The van der Waals surface area contributed by atoms with Crippen molar-refractivity contribution in [2.24, 2.45) is 16.6 Å². The van der Waals surface area contributed by atoms with Crippen LogP contribution in [0.3, 0.4) is 0 Å². The van der Waals surface area contributed by atoms with Crippen LogP contribution in [-0.2, 0) is 15.1 Å². The molecule has 0 radical (unpaired) electrons. The molecule has 2 heterocycles. The molecular weight excluding hydrogens is 400 g/mol. The van der Waals surface area contributed by atoms with Crippen LogP contribution in [0.5, 0.6) is 0 Å². The lowest BCUT2D eigenvalue weighted by atomic mass is 9.89. The van der Waals surface area contributed by atoms with Gasteiger partial charge in [-0.1, -0.05) is 41.9 Å². The Labute approximate surface area is 181 Å². The summed E-state index contributed by atoms with van der Waals surface area (Å²) < 4.78 is 0. The zero-order valence-electron chi connectivity index (χ0n) is 17.1. The van der Waals surface area contributed by atoms with Gasteiger partial charge >= 0.3 is 0 Å². The van der Waals surface area contributed by atoms with E-state index in [-0.39, 0.29) is 23.7 Å². The number of nitrogens with zero attached hydrogens (tertiary/aromatic N) is 3. The number of carbonyl (C=O) groups is 2. The molecule has 30 heavy (non-hydrogen) atoms. The number of hydrogen-bond acceptors (Lipinski definition) is 4. The maximum atomic E-state index is 13.4. The van der Waals surface area contributed by atoms with E-state index in [0.717, 1.165) is 29.7 Å². The van der Waals surface area contributed by atoms with Crippen LogP contribution in [0.4, 0.5) is 0 Å². The maximum Gasteiger partial charge on any atom is 0.261 e. The Balaban J connectivity index is 1.57. The van der Waals surface area contributed by atoms with Crippen molar-refractivity contribution < 1.29 is 9.59 Å². The molecule has 2 amide bonds. The van der Waals surface area contributed by atoms with Gasteiger partial charge in [0.1, 0.15) is 0 Å². The van der Waals surface area contributed by atoms with Crippen molar-refractivity contribution in [3.8, 4) is 11.1 Å². The number of nitrogens with two attached hydrogens (primary N) is 1. The third-order valence-corrected chi connectivity index (χ3v) is 6.27. The Morgan fingerprint density at radius 3 is 2.60 bits per heavy atom. The van der Waals surface area contributed by atoms with E-state index in [9.17, 15) is 9.59 Å². The lowest BCUT2D eigenvalue weighted by molar-refractivity contribution is -0.131. The molecule has 0 aliphatic carbocycles. The highest BCUT2D eigenvalue weighted by Crippen LogP contribution is 2.35. The summed E-state index contributed by atoms with van der Waals surface area (Å²) in [6.07, 6.45) is 0.859. The summed E-state index contributed by atoms with van der Waals surface area (Å²) in [6.45, 7) is 5.21. The van der Waals surface area contributed by atoms with Crippen LogP contribution in [0.1, 0.15) is 25.8 Å². The number of aliphatic imine (C=N–C) groups is 1. The van der Waals surface area contributed by atoms with Crippen LogP contribution in [0, 0.1) is 5.92 Å². The second kappa shape index (κ2) is 7.76. The number of hydrogen-bond donors (Lipinski definition) is 1. The second-order valence-electron chi connectivity index (χ2n) is 8.17. The molecule has 2 aliphatic heterocycles. The van der Waals surface area contributed by atoms with E-state index < -0.39 is 5.54 Å². The highest BCUT2D eigenvalue weighted by atomic mass is 35.5. The monoisotopic (exact) mass is 424 g/mol. The zero-order chi connectivity index (χ0) is 21.5. The van der Waals surface area contributed by atoms with Gasteiger partial charge in [0.2, 0.25) is 5.91 Å². The second-order valence-corrected chi connectivity index (χ2v) is 8.61. The summed E-state index contributed by atoms with van der Waals surface area (Å²) >= 11 is 6.14. The molecule has 1 saturated heterocycles. The SMILES string of the molecule is CC(=O)N1CC[C@@H](CN2C(=O)C(C)(c3cccc(-c4cccc(Cl)c4)c3)N=C2N)C1. The van der Waals surface area contributed by atoms with Crippen molar-refractivity contribution in [3.05, 3.63) is 59.1 Å². The molecule has 2 aromatic carbocycles. The van der Waals surface area contributed by atoms with Gasteiger partial charge in [-0.05, 0) is 54.2 Å². The maximum absolute atomic E-state index is 13.4. The minimum atomic E-state index is -1.07. The predicted octanol–water partition coefficient (Wildman–Crippen LogP) is 3.25. The van der Waals surface area contributed by atoms with E-state index in [4.69, 9.17) is 17.3 Å². The van der Waals surface area contributed by atoms with Gasteiger partial charge in [-0.15, -0.1) is 0 Å². The molecule has 7 heteroatoms. The quantitative estimate of drug-likeness (QED) is 0.818. The van der Waals surface area contributed by atoms with E-state index >= 15 is 0 Å². The van der Waals surface area contributed by atoms with Crippen LogP contribution in [0.2, 0.25) is 5.02 Å². The minimum Gasteiger partial charge on any atom is -0.369 e. The molecule has 2 aromatic rings. The number of amides is 2. The lowest BCUT2D eigenvalue weighted by Gasteiger charge is -2.25. The van der Waals surface area contributed by atoms with Crippen molar-refractivity contribution in [3.63, 3.8) is 0 Å². The van der Waals surface area contributed by atoms with Gasteiger partial charge in [-0.25, -0.2) is 4.99 Å². The Kier molecular flexibility index (Phi) is 5.28. The van der Waals surface area contributed by atoms with Gasteiger partial charge in [-0.2, -0.15) is 0 Å². The molecule has 6 nitrogen and oxygen atoms in total. The first kappa shape index (κ1) is 20.4. The number of carbonyl (C=O) groups excluding carboxylic acids is 2. The molecule has 0 bridgehead atoms. The number of guanidine groups is 1. The summed E-state index contributed by atoms with van der Waals surface area (Å²) in [7, 11) is 0. The summed E-state index contributed by atoms with van der Waals surface area (Å²) in [5.74, 6) is 0.364. The molecule has 156 valence electrons. The molecule has 2 N–H and O–H groups in total. The van der Waals surface area contributed by atoms with Crippen molar-refractivity contribution in [1.82, 2.24) is 9.80 Å². The first-order valence-corrected chi connectivity index (χ1v) is 10.4. The molecule has 2 aliphatic rings. The minimum absolute atomic E-state index is 0.0644. The van der Waals surface area contributed by atoms with Crippen molar-refractivity contribution >= 4 is 29.4 Å². The molecular formula is C23H25ClN4O2. The van der Waals surface area contributed by atoms with E-state index in [0.29, 0.717) is 18.1 Å². The van der Waals surface area contributed by atoms with Crippen LogP contribution >= 0.6 is 11.6 Å². The summed E-state index contributed by atoms with van der Waals surface area (Å²) in [6, 6.07) is 15.4. The summed E-state index contributed by atoms with van der Waals surface area (Å²) in [4.78, 5) is 32.9. The first-order valence-electron chi connectivity index (χ1n) is 10.1. The fraction of sp³-hybridized carbons (Fsp3) is 0.348. The number of benzene rings is 2. The number of rotatable bonds is 4. The first-order chi connectivity index (χ1) is 14.3. The molecule has 0 spiro atoms. The largest absolute Gasteiger partial charge is 0.369 e. The Hall–Kier alpha value is -2.86. The highest BCUT2D eigenvalue weighted by molar-refractivity contribution is 6.30. The average molecular weight is 425 g/mol. The van der Waals surface area contributed by atoms with Crippen LogP contribution in [0.15, 0.2) is 53.5 Å². The fourth-order valence-corrected chi connectivity index (χ4v) is 4.45. The van der Waals surface area contributed by atoms with E-state index in [1.807, 2.05) is 53.4 Å². The molecule has 0 aromatic heterocycles. The van der Waals surface area contributed by atoms with Crippen LogP contribution < -0.4 is 5.73 Å². The van der Waals surface area contributed by atoms with Crippen LogP contribution in [-0.4, -0.2) is 47.2 Å². The van der Waals surface area contributed by atoms with Crippen molar-refractivity contribution in [2.75, 3.05) is 19.6 Å². The standard InChI is InChI=1S/C23H25ClN4O2/c1-15(29)27-10-9-16(13-27)14-28-21(30)23(2,26-22(28)25)19-7-3-5-17(11-19)18-6-4-8-20(24)12-18/h3-8,11-12,16H,9-10,13-14H2,1-2H3,(H2,25,26)/t16-,23?/m1/s1. The van der Waals surface area contributed by atoms with Crippen molar-refractivity contribution in [1.29, 1.82) is 0 Å². The lowest BCUT2D eigenvalue weighted by Crippen LogP contribution is -2.44. The highest BCUT2D eigenvalue weighted by Gasteiger charge is 2.46. The number of likely N-dealkylation sites (tertiary alicyclic amines) is 1. The van der Waals surface area contributed by atoms with Gasteiger partial charge in [0, 0.05) is 31.6 Å². The van der Waals surface area contributed by atoms with Crippen molar-refractivity contribution in [2.45, 2.75) is 25.8 Å². The summed E-state index contributed by atoms with van der Waals surface area (Å²) in [5, 5.41) is 0.658. The van der Waals surface area contributed by atoms with Crippen LogP contribution in [0.25, 0.3) is 11.1 Å². The number of halogens is 1. The van der Waals surface area contributed by atoms with Gasteiger partial charge < -0.3 is 10.6 Å². The zero-order valence-corrected chi connectivity index (χ0v) is 17.9. The molecule has 0 saturated carbocycles. The predicted molar refractivity (Wildman–Crippen MR) is 118 cm³/mol. The summed E-state index contributed by atoms with van der Waals surface area (Å²) in [5.41, 5.74) is 7.83. The topological polar surface area (TPSA) is 79.0 Å². The Morgan fingerprint density at radius 1 is 1.23 bits per heavy atom. The Bertz CT molecular complexity index is 1040. The van der Waals surface area contributed by atoms with Gasteiger partial charge in [0.25, 0.3) is 5.91 Å². The Morgan fingerprint density at radius 2 is 1.93 bits per heavy atom. The van der Waals surface area contributed by atoms with E-state index in [1.54, 1.807) is 18.7 Å². The average Bonchev–Trinajstić information content (AvgIpc) is 3.28. The molecule has 1 fully saturated rings. The smallest absolute Gasteiger partial charge is 0.261 e. The molecule has 2 atom stereocenters. The van der Waals surface area contributed by atoms with Gasteiger partial charge in [0.15, 0.2) is 11.5 Å².